The summed E-state index contributed by atoms with van der Waals surface area (Å²) >= 11 is 0. The van der Waals surface area contributed by atoms with Crippen LogP contribution in [0.3, 0.4) is 0 Å². The number of amides is 1. The molecule has 0 spiro atoms. The highest BCUT2D eigenvalue weighted by molar-refractivity contribution is 5.76. The number of anilines is 1. The summed E-state index contributed by atoms with van der Waals surface area (Å²) < 4.78 is 15.3. The number of carboxylic acid groups (broad SMARTS) is 2. The highest BCUT2D eigenvalue weighted by Crippen LogP contribution is 2.30. The molecule has 0 aromatic heterocycles. The van der Waals surface area contributed by atoms with E-state index in [9.17, 15) is 19.5 Å². The van der Waals surface area contributed by atoms with Crippen LogP contribution in [0.5, 0.6) is 5.75 Å². The molecule has 4 N–H and O–H groups in total. The van der Waals surface area contributed by atoms with Gasteiger partial charge in [0.2, 0.25) is 12.7 Å². The second-order valence-electron chi connectivity index (χ2n) is 5.28. The van der Waals surface area contributed by atoms with E-state index in [0.717, 1.165) is 0 Å². The van der Waals surface area contributed by atoms with E-state index in [1.807, 2.05) is 0 Å². The van der Waals surface area contributed by atoms with Gasteiger partial charge in [0, 0.05) is 12.8 Å². The maximum absolute atomic E-state index is 11.0. The van der Waals surface area contributed by atoms with Crippen LogP contribution in [0.2, 0.25) is 0 Å². The number of benzene rings is 1. The van der Waals surface area contributed by atoms with Gasteiger partial charge in [-0.1, -0.05) is 6.07 Å². The van der Waals surface area contributed by atoms with Crippen LogP contribution in [0.15, 0.2) is 18.2 Å². The third-order valence-electron chi connectivity index (χ3n) is 3.42. The Hall–Kier alpha value is -2.85. The number of aliphatic hydroxyl groups is 1. The summed E-state index contributed by atoms with van der Waals surface area (Å²) in [6, 6.07) is 4.41. The van der Waals surface area contributed by atoms with E-state index in [1.165, 1.54) is 18.2 Å². The quantitative estimate of drug-likeness (QED) is 0.410. The number of nitrogens with one attached hydrogen (secondary N) is 1. The molecule has 3 unspecified atom stereocenters. The lowest BCUT2D eigenvalue weighted by molar-refractivity contribution is -0.195. The number of ether oxygens (including phenoxy) is 3. The zero-order chi connectivity index (χ0) is 18.4. The predicted octanol–water partition coefficient (Wildman–Crippen LogP) is 0.779. The standard InChI is InChI=1S/C15H17NO9/c17-7-16-10-3-8(6-23-15(21)22)1-2-11(10)24-13-5-9(18)4-12(25-13)14(19)20/h1-3,7,9,12-13,18H,4-6H2,(H,16,17)(H,19,20)(H,21,22). The second-order valence-corrected chi connectivity index (χ2v) is 5.28. The number of carbonyl (C=O) groups excluding carboxylic acids is 1. The molecule has 136 valence electrons. The van der Waals surface area contributed by atoms with Crippen molar-refractivity contribution in [3.63, 3.8) is 0 Å². The number of rotatable bonds is 7. The van der Waals surface area contributed by atoms with Gasteiger partial charge < -0.3 is 34.8 Å². The van der Waals surface area contributed by atoms with Gasteiger partial charge in [0.15, 0.2) is 6.10 Å². The molecule has 1 aromatic rings. The summed E-state index contributed by atoms with van der Waals surface area (Å²) in [4.78, 5) is 32.2. The lowest BCUT2D eigenvalue weighted by Crippen LogP contribution is -2.42. The van der Waals surface area contributed by atoms with E-state index in [2.05, 4.69) is 10.1 Å². The molecule has 1 fully saturated rings. The average molecular weight is 355 g/mol. The first kappa shape index (κ1) is 18.5. The highest BCUT2D eigenvalue weighted by atomic mass is 16.7. The van der Waals surface area contributed by atoms with E-state index in [0.29, 0.717) is 12.0 Å². The maximum atomic E-state index is 11.0. The molecule has 0 aliphatic carbocycles. The summed E-state index contributed by atoms with van der Waals surface area (Å²) in [5.74, 6) is -1.03. The molecule has 0 radical (unpaired) electrons. The molecule has 1 aromatic carbocycles. The fraction of sp³-hybridized carbons (Fsp3) is 0.400. The molecule has 1 aliphatic rings. The van der Waals surface area contributed by atoms with Gasteiger partial charge in [-0.15, -0.1) is 0 Å². The largest absolute Gasteiger partial charge is 0.506 e. The van der Waals surface area contributed by atoms with Crippen molar-refractivity contribution in [3.05, 3.63) is 23.8 Å². The zero-order valence-corrected chi connectivity index (χ0v) is 13.0. The predicted molar refractivity (Wildman–Crippen MR) is 81.1 cm³/mol. The molecule has 1 saturated heterocycles. The van der Waals surface area contributed by atoms with Crippen LogP contribution in [-0.2, 0) is 25.7 Å². The Labute approximate surface area is 141 Å². The minimum absolute atomic E-state index is 0.0416. The van der Waals surface area contributed by atoms with Crippen LogP contribution >= 0.6 is 0 Å². The average Bonchev–Trinajstić information content (AvgIpc) is 2.54. The Balaban J connectivity index is 2.12. The van der Waals surface area contributed by atoms with Gasteiger partial charge >= 0.3 is 12.1 Å². The molecule has 25 heavy (non-hydrogen) atoms. The van der Waals surface area contributed by atoms with Crippen molar-refractivity contribution in [3.8, 4) is 5.75 Å². The Kier molecular flexibility index (Phi) is 6.14. The Morgan fingerprint density at radius 3 is 2.72 bits per heavy atom. The molecule has 1 aliphatic heterocycles. The van der Waals surface area contributed by atoms with Crippen LogP contribution in [0, 0.1) is 0 Å². The molecule has 1 heterocycles. The Morgan fingerprint density at radius 2 is 2.08 bits per heavy atom. The van der Waals surface area contributed by atoms with Crippen LogP contribution in [0.4, 0.5) is 10.5 Å². The third-order valence-corrected chi connectivity index (χ3v) is 3.42. The Bertz CT molecular complexity index is 648. The van der Waals surface area contributed by atoms with Gasteiger partial charge in [0.1, 0.15) is 12.4 Å². The lowest BCUT2D eigenvalue weighted by Gasteiger charge is -2.31. The topological polar surface area (TPSA) is 152 Å². The van der Waals surface area contributed by atoms with Crippen LogP contribution in [-0.4, -0.2) is 52.4 Å². The first-order chi connectivity index (χ1) is 11.9. The molecular formula is C15H17NO9. The second kappa shape index (κ2) is 8.31. The van der Waals surface area contributed by atoms with Gasteiger partial charge in [-0.2, -0.15) is 0 Å². The van der Waals surface area contributed by atoms with Gasteiger partial charge in [-0.3, -0.25) is 4.79 Å². The number of carboxylic acids is 1. The fourth-order valence-corrected chi connectivity index (χ4v) is 2.33. The van der Waals surface area contributed by atoms with Crippen molar-refractivity contribution in [1.82, 2.24) is 0 Å². The van der Waals surface area contributed by atoms with E-state index in [-0.39, 0.29) is 30.9 Å². The number of aliphatic carboxylic acids is 1. The van der Waals surface area contributed by atoms with Crippen molar-refractivity contribution in [1.29, 1.82) is 0 Å². The van der Waals surface area contributed by atoms with Crippen LogP contribution < -0.4 is 10.1 Å². The van der Waals surface area contributed by atoms with Gasteiger partial charge in [0.05, 0.1) is 11.8 Å². The molecule has 0 bridgehead atoms. The highest BCUT2D eigenvalue weighted by Gasteiger charge is 2.34. The van der Waals surface area contributed by atoms with E-state index < -0.39 is 30.6 Å². The van der Waals surface area contributed by atoms with Crippen molar-refractivity contribution in [2.45, 2.75) is 37.9 Å². The molecular weight excluding hydrogens is 338 g/mol. The smallest absolute Gasteiger partial charge is 0.479 e. The first-order valence-electron chi connectivity index (χ1n) is 7.31. The number of aliphatic hydroxyl groups excluding tert-OH is 1. The van der Waals surface area contributed by atoms with E-state index in [1.54, 1.807) is 0 Å². The van der Waals surface area contributed by atoms with Crippen molar-refractivity contribution in [2.24, 2.45) is 0 Å². The van der Waals surface area contributed by atoms with Gasteiger partial charge in [-0.05, 0) is 17.7 Å². The van der Waals surface area contributed by atoms with E-state index in [4.69, 9.17) is 19.7 Å². The SMILES string of the molecule is O=CNc1cc(COC(=O)O)ccc1OC1CC(O)CC(C(=O)O)O1. The maximum Gasteiger partial charge on any atom is 0.506 e. The summed E-state index contributed by atoms with van der Waals surface area (Å²) in [6.07, 6.45) is -4.12. The number of hydrogen-bond donors (Lipinski definition) is 4. The normalized spacial score (nSPS) is 22.7. The summed E-state index contributed by atoms with van der Waals surface area (Å²) in [5, 5.41) is 29.7. The number of hydrogen-bond acceptors (Lipinski definition) is 7. The number of carbonyl (C=O) groups is 3. The zero-order valence-electron chi connectivity index (χ0n) is 13.0. The Morgan fingerprint density at radius 1 is 1.32 bits per heavy atom. The summed E-state index contributed by atoms with van der Waals surface area (Å²) in [7, 11) is 0. The molecule has 10 heteroatoms. The minimum atomic E-state index is -1.44. The molecule has 1 amide bonds. The van der Waals surface area contributed by atoms with Crippen molar-refractivity contribution >= 4 is 24.2 Å². The summed E-state index contributed by atoms with van der Waals surface area (Å²) in [6.45, 7) is -0.219. The first-order valence-corrected chi connectivity index (χ1v) is 7.31. The third kappa shape index (κ3) is 5.33. The molecule has 3 atom stereocenters. The van der Waals surface area contributed by atoms with Crippen molar-refractivity contribution in [2.75, 3.05) is 5.32 Å². The molecule has 0 saturated carbocycles. The van der Waals surface area contributed by atoms with E-state index >= 15 is 0 Å². The minimum Gasteiger partial charge on any atom is -0.479 e. The van der Waals surface area contributed by atoms with Crippen LogP contribution in [0.25, 0.3) is 0 Å². The lowest BCUT2D eigenvalue weighted by atomic mass is 10.1. The molecule has 10 nitrogen and oxygen atoms in total. The fourth-order valence-electron chi connectivity index (χ4n) is 2.33. The molecule has 2 rings (SSSR count). The monoisotopic (exact) mass is 355 g/mol. The van der Waals surface area contributed by atoms with Gasteiger partial charge in [0.25, 0.3) is 0 Å². The van der Waals surface area contributed by atoms with Gasteiger partial charge in [-0.25, -0.2) is 9.59 Å². The van der Waals surface area contributed by atoms with Crippen molar-refractivity contribution < 1.29 is 43.9 Å². The van der Waals surface area contributed by atoms with Crippen LogP contribution in [0.1, 0.15) is 18.4 Å². The summed E-state index contributed by atoms with van der Waals surface area (Å²) in [5.41, 5.74) is 0.684.